The van der Waals surface area contributed by atoms with Gasteiger partial charge in [-0.2, -0.15) is 0 Å². The molecule has 0 aliphatic rings. The number of halogens is 1. The Morgan fingerprint density at radius 2 is 2.45 bits per heavy atom. The number of aryl methyl sites for hydroxylation is 1. The predicted octanol–water partition coefficient (Wildman–Crippen LogP) is 2.23. The second-order valence-corrected chi connectivity index (χ2v) is 4.18. The summed E-state index contributed by atoms with van der Waals surface area (Å²) in [7, 11) is 0. The summed E-state index contributed by atoms with van der Waals surface area (Å²) in [5.41, 5.74) is 0. The Morgan fingerprint density at radius 1 is 1.73 bits per heavy atom. The predicted molar refractivity (Wildman–Crippen MR) is 50.0 cm³/mol. The van der Waals surface area contributed by atoms with Gasteiger partial charge in [0.1, 0.15) is 5.82 Å². The van der Waals surface area contributed by atoms with Crippen molar-refractivity contribution in [2.24, 2.45) is 0 Å². The summed E-state index contributed by atoms with van der Waals surface area (Å²) in [5, 5.41) is 0. The molecular formula is C8H13BrN2. The largest absolute Gasteiger partial charge is 0.335 e. The maximum absolute atomic E-state index is 4.26. The van der Waals surface area contributed by atoms with Crippen LogP contribution >= 0.6 is 15.9 Å². The minimum Gasteiger partial charge on any atom is -0.335 e. The molecule has 0 spiro atoms. The second kappa shape index (κ2) is 3.90. The summed E-state index contributed by atoms with van der Waals surface area (Å²) in [6.07, 6.45) is 4.87. The monoisotopic (exact) mass is 216 g/mol. The Hall–Kier alpha value is -0.310. The molecule has 0 radical (unpaired) electrons. The fourth-order valence-corrected chi connectivity index (χ4v) is 1.36. The molecule has 0 N–H and O–H groups in total. The Bertz CT molecular complexity index is 218. The van der Waals surface area contributed by atoms with E-state index < -0.39 is 0 Å². The van der Waals surface area contributed by atoms with Crippen LogP contribution in [-0.2, 0) is 13.0 Å². The number of rotatable bonds is 3. The van der Waals surface area contributed by atoms with Crippen LogP contribution in [0, 0.1) is 0 Å². The van der Waals surface area contributed by atoms with Gasteiger partial charge in [-0.3, -0.25) is 0 Å². The normalized spacial score (nSPS) is 13.4. The number of imidazole rings is 1. The van der Waals surface area contributed by atoms with E-state index in [-0.39, 0.29) is 0 Å². The van der Waals surface area contributed by atoms with Gasteiger partial charge in [-0.25, -0.2) is 4.98 Å². The fourth-order valence-electron chi connectivity index (χ4n) is 1.07. The number of alkyl halides is 1. The summed E-state index contributed by atoms with van der Waals surface area (Å²) >= 11 is 3.51. The van der Waals surface area contributed by atoms with Gasteiger partial charge in [0.15, 0.2) is 0 Å². The Morgan fingerprint density at radius 3 is 3.00 bits per heavy atom. The first kappa shape index (κ1) is 8.78. The first-order chi connectivity index (χ1) is 5.24. The van der Waals surface area contributed by atoms with Crippen molar-refractivity contribution in [2.75, 3.05) is 0 Å². The number of aromatic nitrogens is 2. The van der Waals surface area contributed by atoms with Crippen molar-refractivity contribution in [3.8, 4) is 0 Å². The van der Waals surface area contributed by atoms with Crippen molar-refractivity contribution in [1.82, 2.24) is 9.55 Å². The Balaban J connectivity index is 2.68. The van der Waals surface area contributed by atoms with E-state index >= 15 is 0 Å². The molecule has 1 unspecified atom stereocenters. The van der Waals surface area contributed by atoms with E-state index in [1.165, 1.54) is 0 Å². The lowest BCUT2D eigenvalue weighted by atomic mass is 10.3. The Labute approximate surface area is 75.8 Å². The van der Waals surface area contributed by atoms with Gasteiger partial charge in [0.25, 0.3) is 0 Å². The van der Waals surface area contributed by atoms with Crippen molar-refractivity contribution in [1.29, 1.82) is 0 Å². The van der Waals surface area contributed by atoms with Gasteiger partial charge in [-0.15, -0.1) is 0 Å². The molecule has 0 aliphatic heterocycles. The van der Waals surface area contributed by atoms with Crippen LogP contribution in [0.15, 0.2) is 12.4 Å². The molecule has 62 valence electrons. The first-order valence-corrected chi connectivity index (χ1v) is 4.79. The smallest absolute Gasteiger partial charge is 0.109 e. The standard InChI is InChI=1S/C8H13BrN2/c1-3-11-5-4-10-8(11)6-7(2)9/h4-5,7H,3,6H2,1-2H3. The lowest BCUT2D eigenvalue weighted by molar-refractivity contribution is 0.690. The van der Waals surface area contributed by atoms with Crippen LogP contribution in [0.5, 0.6) is 0 Å². The average Bonchev–Trinajstić information content (AvgIpc) is 2.34. The van der Waals surface area contributed by atoms with Gasteiger partial charge >= 0.3 is 0 Å². The first-order valence-electron chi connectivity index (χ1n) is 3.88. The molecule has 2 nitrogen and oxygen atoms in total. The summed E-state index contributed by atoms with van der Waals surface area (Å²) in [5.74, 6) is 1.16. The van der Waals surface area contributed by atoms with Crippen LogP contribution in [0.4, 0.5) is 0 Å². The summed E-state index contributed by atoms with van der Waals surface area (Å²) < 4.78 is 2.16. The molecule has 0 saturated heterocycles. The molecule has 1 aromatic rings. The van der Waals surface area contributed by atoms with Gasteiger partial charge in [-0.05, 0) is 6.92 Å². The van der Waals surface area contributed by atoms with Crippen molar-refractivity contribution in [3.63, 3.8) is 0 Å². The molecule has 1 rings (SSSR count). The van der Waals surface area contributed by atoms with Gasteiger partial charge in [0, 0.05) is 30.2 Å². The van der Waals surface area contributed by atoms with Gasteiger partial charge < -0.3 is 4.57 Å². The van der Waals surface area contributed by atoms with Gasteiger partial charge in [0.05, 0.1) is 0 Å². The zero-order valence-corrected chi connectivity index (χ0v) is 8.50. The molecule has 11 heavy (non-hydrogen) atoms. The third-order valence-electron chi connectivity index (χ3n) is 1.61. The van der Waals surface area contributed by atoms with E-state index in [0.29, 0.717) is 4.83 Å². The molecule has 0 aromatic carbocycles. The molecule has 0 fully saturated rings. The minimum atomic E-state index is 0.509. The molecule has 1 atom stereocenters. The third kappa shape index (κ3) is 2.33. The van der Waals surface area contributed by atoms with Crippen LogP contribution in [-0.4, -0.2) is 14.4 Å². The summed E-state index contributed by atoms with van der Waals surface area (Å²) in [4.78, 5) is 4.77. The molecule has 0 amide bonds. The summed E-state index contributed by atoms with van der Waals surface area (Å²) in [6.45, 7) is 5.27. The zero-order valence-electron chi connectivity index (χ0n) is 6.92. The van der Waals surface area contributed by atoms with Crippen LogP contribution in [0.1, 0.15) is 19.7 Å². The number of hydrogen-bond acceptors (Lipinski definition) is 1. The highest BCUT2D eigenvalue weighted by Crippen LogP contribution is 2.07. The zero-order chi connectivity index (χ0) is 8.27. The van der Waals surface area contributed by atoms with Crippen LogP contribution in [0.25, 0.3) is 0 Å². The maximum atomic E-state index is 4.26. The molecule has 1 aromatic heterocycles. The molecular weight excluding hydrogens is 204 g/mol. The van der Waals surface area contributed by atoms with Crippen molar-refractivity contribution in [3.05, 3.63) is 18.2 Å². The second-order valence-electron chi connectivity index (χ2n) is 2.61. The maximum Gasteiger partial charge on any atom is 0.109 e. The lowest BCUT2D eigenvalue weighted by Crippen LogP contribution is -2.05. The molecule has 0 aliphatic carbocycles. The highest BCUT2D eigenvalue weighted by atomic mass is 79.9. The topological polar surface area (TPSA) is 17.8 Å². The fraction of sp³-hybridized carbons (Fsp3) is 0.625. The van der Waals surface area contributed by atoms with E-state index in [9.17, 15) is 0 Å². The lowest BCUT2D eigenvalue weighted by Gasteiger charge is -2.04. The van der Waals surface area contributed by atoms with Crippen LogP contribution in [0.2, 0.25) is 0 Å². The van der Waals surface area contributed by atoms with Gasteiger partial charge in [-0.1, -0.05) is 22.9 Å². The van der Waals surface area contributed by atoms with Crippen molar-refractivity contribution in [2.45, 2.75) is 31.6 Å². The minimum absolute atomic E-state index is 0.509. The third-order valence-corrected chi connectivity index (χ3v) is 1.93. The van der Waals surface area contributed by atoms with Crippen molar-refractivity contribution < 1.29 is 0 Å². The van der Waals surface area contributed by atoms with Gasteiger partial charge in [0.2, 0.25) is 0 Å². The van der Waals surface area contributed by atoms with E-state index in [0.717, 1.165) is 18.8 Å². The molecule has 0 saturated carbocycles. The number of hydrogen-bond donors (Lipinski definition) is 0. The molecule has 3 heteroatoms. The highest BCUT2D eigenvalue weighted by molar-refractivity contribution is 9.09. The average molecular weight is 217 g/mol. The van der Waals surface area contributed by atoms with E-state index in [1.54, 1.807) is 0 Å². The van der Waals surface area contributed by atoms with Crippen LogP contribution < -0.4 is 0 Å². The van der Waals surface area contributed by atoms with Crippen molar-refractivity contribution >= 4 is 15.9 Å². The molecule has 1 heterocycles. The highest BCUT2D eigenvalue weighted by Gasteiger charge is 2.03. The molecule has 0 bridgehead atoms. The Kier molecular flexibility index (Phi) is 3.12. The van der Waals surface area contributed by atoms with Crippen LogP contribution in [0.3, 0.4) is 0 Å². The number of nitrogens with zero attached hydrogens (tertiary/aromatic N) is 2. The summed E-state index contributed by atoms with van der Waals surface area (Å²) in [6, 6.07) is 0. The van der Waals surface area contributed by atoms with E-state index in [2.05, 4.69) is 39.3 Å². The SMILES string of the molecule is CCn1ccnc1CC(C)Br. The van der Waals surface area contributed by atoms with E-state index in [1.807, 2.05) is 12.4 Å². The van der Waals surface area contributed by atoms with E-state index in [4.69, 9.17) is 0 Å². The quantitative estimate of drug-likeness (QED) is 0.710.